The minimum atomic E-state index is 0.248. The molecule has 0 unspecified atom stereocenters. The fourth-order valence-electron chi connectivity index (χ4n) is 3.49. The van der Waals surface area contributed by atoms with Gasteiger partial charge in [-0.3, -0.25) is 0 Å². The maximum Gasteiger partial charge on any atom is 0.213 e. The van der Waals surface area contributed by atoms with Gasteiger partial charge in [0.25, 0.3) is 0 Å². The molecule has 1 heteroatoms. The third-order valence-electron chi connectivity index (χ3n) is 5.14. The predicted molar refractivity (Wildman–Crippen MR) is 131 cm³/mol. The van der Waals surface area contributed by atoms with E-state index in [4.69, 9.17) is 0 Å². The summed E-state index contributed by atoms with van der Waals surface area (Å²) >= 11 is 0. The molecule has 0 spiro atoms. The van der Waals surface area contributed by atoms with E-state index in [-0.39, 0.29) is 6.71 Å². The van der Waals surface area contributed by atoms with Crippen LogP contribution in [-0.2, 0) is 0 Å². The Balaban J connectivity index is 3.36. The molecule has 0 fully saturated rings. The Hall–Kier alpha value is -2.28. The average molecular weight is 372 g/mol. The highest BCUT2D eigenvalue weighted by molar-refractivity contribution is 6.81. The van der Waals surface area contributed by atoms with Gasteiger partial charge >= 0.3 is 0 Å². The van der Waals surface area contributed by atoms with E-state index in [9.17, 15) is 0 Å². The van der Waals surface area contributed by atoms with Gasteiger partial charge in [-0.05, 0) is 46.9 Å². The number of aryl methyl sites for hydroxylation is 1. The second kappa shape index (κ2) is 12.2. The number of benzene rings is 1. The molecule has 1 aromatic carbocycles. The van der Waals surface area contributed by atoms with Crippen LogP contribution in [0.5, 0.6) is 0 Å². The first-order chi connectivity index (χ1) is 13.3. The van der Waals surface area contributed by atoms with E-state index in [1.54, 1.807) is 0 Å². The number of hydrogen-bond acceptors (Lipinski definition) is 0. The highest BCUT2D eigenvalue weighted by atomic mass is 14.1. The lowest BCUT2D eigenvalue weighted by molar-refractivity contribution is 1.17. The molecule has 0 amide bonds. The molecule has 0 saturated carbocycles. The SMILES string of the molecule is C=C/C=C(CB(C(=C)/C(C)=C\C(C)=C/CC)c1ccc(C)cc1)\C(C)=C/CC. The van der Waals surface area contributed by atoms with Crippen LogP contribution in [0, 0.1) is 6.92 Å². The third kappa shape index (κ3) is 7.39. The Kier molecular flexibility index (Phi) is 10.4. The second-order valence-electron chi connectivity index (χ2n) is 7.60. The number of hydrogen-bond donors (Lipinski definition) is 0. The van der Waals surface area contributed by atoms with E-state index in [0.717, 1.165) is 19.2 Å². The first-order valence-electron chi connectivity index (χ1n) is 10.4. The van der Waals surface area contributed by atoms with Crippen LogP contribution in [0.4, 0.5) is 0 Å². The molecule has 0 aliphatic carbocycles. The maximum absolute atomic E-state index is 4.52. The van der Waals surface area contributed by atoms with Crippen LogP contribution in [-0.4, -0.2) is 6.71 Å². The Morgan fingerprint density at radius 2 is 1.57 bits per heavy atom. The summed E-state index contributed by atoms with van der Waals surface area (Å²) in [5, 5.41) is 0. The van der Waals surface area contributed by atoms with Crippen LogP contribution in [0.25, 0.3) is 0 Å². The molecule has 0 atom stereocenters. The van der Waals surface area contributed by atoms with E-state index in [1.165, 1.54) is 38.8 Å². The molecule has 0 aromatic heterocycles. The standard InChI is InChI=1S/C27H37B/c1-9-12-22(5)19-24(7)25(8)28(27-17-15-21(4)16-18-27)20-26(14-11-3)23(6)13-10-2/h11-19H,3,8-10,20H2,1-2,4-7H3/b22-12-,23-13-,24-19-,26-14-. The Morgan fingerprint density at radius 3 is 2.11 bits per heavy atom. The van der Waals surface area contributed by atoms with Crippen LogP contribution in [0.2, 0.25) is 6.32 Å². The van der Waals surface area contributed by atoms with Gasteiger partial charge in [0.05, 0.1) is 0 Å². The van der Waals surface area contributed by atoms with Crippen LogP contribution in [0.15, 0.2) is 95.6 Å². The predicted octanol–water partition coefficient (Wildman–Crippen LogP) is 7.56. The molecule has 0 radical (unpaired) electrons. The quantitative estimate of drug-likeness (QED) is 0.294. The molecule has 1 rings (SSSR count). The Labute approximate surface area is 174 Å². The van der Waals surface area contributed by atoms with Crippen LogP contribution in [0.1, 0.15) is 53.0 Å². The van der Waals surface area contributed by atoms with Crippen molar-refractivity contribution < 1.29 is 0 Å². The summed E-state index contributed by atoms with van der Waals surface area (Å²) in [5.74, 6) is 0. The fourth-order valence-corrected chi connectivity index (χ4v) is 3.49. The van der Waals surface area contributed by atoms with E-state index in [2.05, 4.69) is 103 Å². The van der Waals surface area contributed by atoms with E-state index in [0.29, 0.717) is 0 Å². The van der Waals surface area contributed by atoms with E-state index in [1.807, 2.05) is 6.08 Å². The van der Waals surface area contributed by atoms with Crippen LogP contribution >= 0.6 is 0 Å². The highest BCUT2D eigenvalue weighted by Crippen LogP contribution is 2.24. The molecule has 0 aliphatic heterocycles. The summed E-state index contributed by atoms with van der Waals surface area (Å²) in [5.41, 5.74) is 9.00. The van der Waals surface area contributed by atoms with Crippen LogP contribution in [0.3, 0.4) is 0 Å². The molecule has 0 nitrogen and oxygen atoms in total. The largest absolute Gasteiger partial charge is 0.213 e. The van der Waals surface area contributed by atoms with Crippen molar-refractivity contribution in [2.45, 2.75) is 60.7 Å². The summed E-state index contributed by atoms with van der Waals surface area (Å²) in [7, 11) is 0. The second-order valence-corrected chi connectivity index (χ2v) is 7.60. The van der Waals surface area contributed by atoms with E-state index >= 15 is 0 Å². The summed E-state index contributed by atoms with van der Waals surface area (Å²) in [6, 6.07) is 8.89. The van der Waals surface area contributed by atoms with Crippen molar-refractivity contribution in [2.24, 2.45) is 0 Å². The van der Waals surface area contributed by atoms with Gasteiger partial charge in [0.15, 0.2) is 0 Å². The molecule has 0 heterocycles. The minimum absolute atomic E-state index is 0.248. The summed E-state index contributed by atoms with van der Waals surface area (Å²) in [6.07, 6.45) is 13.9. The zero-order valence-corrected chi connectivity index (χ0v) is 18.8. The maximum atomic E-state index is 4.52. The number of allylic oxidation sites excluding steroid dienone is 10. The van der Waals surface area contributed by atoms with Gasteiger partial charge in [-0.1, -0.05) is 114 Å². The molecule has 0 saturated heterocycles. The van der Waals surface area contributed by atoms with E-state index < -0.39 is 0 Å². The van der Waals surface area contributed by atoms with Gasteiger partial charge < -0.3 is 0 Å². The van der Waals surface area contributed by atoms with Crippen molar-refractivity contribution in [3.05, 3.63) is 101 Å². The lowest BCUT2D eigenvalue weighted by Gasteiger charge is -2.21. The summed E-state index contributed by atoms with van der Waals surface area (Å²) in [6.45, 7) is 21.7. The fraction of sp³-hybridized carbons (Fsp3) is 0.333. The van der Waals surface area contributed by atoms with Gasteiger partial charge in [0.2, 0.25) is 6.71 Å². The van der Waals surface area contributed by atoms with Crippen molar-refractivity contribution in [2.75, 3.05) is 0 Å². The topological polar surface area (TPSA) is 0 Å². The van der Waals surface area contributed by atoms with Gasteiger partial charge in [-0.25, -0.2) is 0 Å². The highest BCUT2D eigenvalue weighted by Gasteiger charge is 2.23. The zero-order valence-electron chi connectivity index (χ0n) is 18.8. The Bertz CT molecular complexity index is 782. The lowest BCUT2D eigenvalue weighted by atomic mass is 9.36. The molecule has 0 N–H and O–H groups in total. The lowest BCUT2D eigenvalue weighted by Crippen LogP contribution is -2.33. The first kappa shape index (κ1) is 23.8. The van der Waals surface area contributed by atoms with Gasteiger partial charge in [-0.2, -0.15) is 0 Å². The molecule has 148 valence electrons. The zero-order chi connectivity index (χ0) is 21.1. The molecular weight excluding hydrogens is 335 g/mol. The van der Waals surface area contributed by atoms with Crippen molar-refractivity contribution in [1.29, 1.82) is 0 Å². The number of rotatable bonds is 10. The average Bonchev–Trinajstić information content (AvgIpc) is 2.65. The van der Waals surface area contributed by atoms with Crippen molar-refractivity contribution in [3.63, 3.8) is 0 Å². The molecule has 1 aromatic rings. The van der Waals surface area contributed by atoms with Crippen molar-refractivity contribution in [1.82, 2.24) is 0 Å². The van der Waals surface area contributed by atoms with Gasteiger partial charge in [0.1, 0.15) is 0 Å². The smallest absolute Gasteiger partial charge is 0.104 e. The van der Waals surface area contributed by atoms with Gasteiger partial charge in [0, 0.05) is 0 Å². The van der Waals surface area contributed by atoms with Crippen LogP contribution < -0.4 is 5.46 Å². The molecule has 0 bridgehead atoms. The normalized spacial score (nSPS) is 13.5. The monoisotopic (exact) mass is 372 g/mol. The first-order valence-corrected chi connectivity index (χ1v) is 10.4. The van der Waals surface area contributed by atoms with Crippen molar-refractivity contribution >= 4 is 12.2 Å². The third-order valence-corrected chi connectivity index (χ3v) is 5.14. The summed E-state index contributed by atoms with van der Waals surface area (Å²) in [4.78, 5) is 0. The minimum Gasteiger partial charge on any atom is -0.104 e. The Morgan fingerprint density at radius 1 is 0.964 bits per heavy atom. The van der Waals surface area contributed by atoms with Crippen molar-refractivity contribution in [3.8, 4) is 0 Å². The van der Waals surface area contributed by atoms with Gasteiger partial charge in [-0.15, -0.1) is 6.58 Å². The molecule has 28 heavy (non-hydrogen) atoms. The summed E-state index contributed by atoms with van der Waals surface area (Å²) < 4.78 is 0. The molecule has 0 aliphatic rings. The molecular formula is C27H37B.